The SMILES string of the molecule is CSc1ccc(C(=O)N2CC(=O)N(c3ccc(C)cc3)CC2C)cc1. The predicted molar refractivity (Wildman–Crippen MR) is 102 cm³/mol. The highest BCUT2D eigenvalue weighted by atomic mass is 32.2. The first-order chi connectivity index (χ1) is 12.0. The van der Waals surface area contributed by atoms with Crippen LogP contribution >= 0.6 is 11.8 Å². The second-order valence-corrected chi connectivity index (χ2v) is 7.23. The molecular formula is C20H22N2O2S. The van der Waals surface area contributed by atoms with E-state index in [0.29, 0.717) is 12.1 Å². The van der Waals surface area contributed by atoms with Crippen LogP contribution in [0.4, 0.5) is 5.69 Å². The van der Waals surface area contributed by atoms with Crippen molar-refractivity contribution in [2.24, 2.45) is 0 Å². The van der Waals surface area contributed by atoms with Gasteiger partial charge in [0.1, 0.15) is 6.54 Å². The van der Waals surface area contributed by atoms with Crippen LogP contribution in [0.3, 0.4) is 0 Å². The average Bonchev–Trinajstić information content (AvgIpc) is 2.63. The quantitative estimate of drug-likeness (QED) is 0.791. The van der Waals surface area contributed by atoms with Crippen LogP contribution < -0.4 is 4.90 Å². The molecule has 1 atom stereocenters. The number of nitrogens with zero attached hydrogens (tertiary/aromatic N) is 2. The fraction of sp³-hybridized carbons (Fsp3) is 0.300. The van der Waals surface area contributed by atoms with Crippen LogP contribution in [0.1, 0.15) is 22.8 Å². The molecular weight excluding hydrogens is 332 g/mol. The lowest BCUT2D eigenvalue weighted by Gasteiger charge is -2.39. The number of rotatable bonds is 3. The molecule has 1 heterocycles. The van der Waals surface area contributed by atoms with Gasteiger partial charge in [-0.15, -0.1) is 11.8 Å². The minimum atomic E-state index is -0.0861. The second-order valence-electron chi connectivity index (χ2n) is 6.35. The van der Waals surface area contributed by atoms with Crippen LogP contribution in [0.15, 0.2) is 53.4 Å². The summed E-state index contributed by atoms with van der Waals surface area (Å²) in [4.78, 5) is 29.9. The summed E-state index contributed by atoms with van der Waals surface area (Å²) in [7, 11) is 0. The lowest BCUT2D eigenvalue weighted by molar-refractivity contribution is -0.121. The monoisotopic (exact) mass is 354 g/mol. The highest BCUT2D eigenvalue weighted by Crippen LogP contribution is 2.23. The Morgan fingerprint density at radius 1 is 1.08 bits per heavy atom. The molecule has 0 aromatic heterocycles. The Balaban J connectivity index is 1.76. The summed E-state index contributed by atoms with van der Waals surface area (Å²) < 4.78 is 0. The predicted octanol–water partition coefficient (Wildman–Crippen LogP) is 3.59. The molecule has 2 amide bonds. The molecule has 1 fully saturated rings. The molecule has 0 spiro atoms. The van der Waals surface area contributed by atoms with Crippen molar-refractivity contribution < 1.29 is 9.59 Å². The third-order valence-electron chi connectivity index (χ3n) is 4.53. The van der Waals surface area contributed by atoms with Crippen molar-refractivity contribution in [1.82, 2.24) is 4.90 Å². The molecule has 1 unspecified atom stereocenters. The first kappa shape index (κ1) is 17.5. The number of amides is 2. The van der Waals surface area contributed by atoms with E-state index in [1.54, 1.807) is 21.6 Å². The van der Waals surface area contributed by atoms with E-state index in [9.17, 15) is 9.59 Å². The first-order valence-electron chi connectivity index (χ1n) is 8.31. The number of aryl methyl sites for hydroxylation is 1. The van der Waals surface area contributed by atoms with Gasteiger partial charge in [-0.05, 0) is 56.5 Å². The summed E-state index contributed by atoms with van der Waals surface area (Å²) in [6, 6.07) is 15.4. The third kappa shape index (κ3) is 3.71. The molecule has 4 nitrogen and oxygen atoms in total. The Bertz CT molecular complexity index is 771. The molecule has 3 rings (SSSR count). The van der Waals surface area contributed by atoms with E-state index in [0.717, 1.165) is 16.1 Å². The third-order valence-corrected chi connectivity index (χ3v) is 5.27. The minimum Gasteiger partial charge on any atom is -0.325 e. The summed E-state index contributed by atoms with van der Waals surface area (Å²) in [6.07, 6.45) is 2.00. The van der Waals surface area contributed by atoms with Crippen molar-refractivity contribution >= 4 is 29.3 Å². The number of carbonyl (C=O) groups is 2. The molecule has 1 aliphatic rings. The molecule has 1 saturated heterocycles. The topological polar surface area (TPSA) is 40.6 Å². The summed E-state index contributed by atoms with van der Waals surface area (Å²) >= 11 is 1.64. The number of thioether (sulfide) groups is 1. The van der Waals surface area contributed by atoms with Gasteiger partial charge in [0.25, 0.3) is 5.91 Å². The number of benzene rings is 2. The summed E-state index contributed by atoms with van der Waals surface area (Å²) in [5.74, 6) is -0.131. The molecule has 0 bridgehead atoms. The Labute approximate surface area is 152 Å². The van der Waals surface area contributed by atoms with Gasteiger partial charge in [0.05, 0.1) is 0 Å². The summed E-state index contributed by atoms with van der Waals surface area (Å²) in [6.45, 7) is 4.63. The van der Waals surface area contributed by atoms with Gasteiger partial charge in [-0.3, -0.25) is 9.59 Å². The molecule has 2 aromatic carbocycles. The molecule has 25 heavy (non-hydrogen) atoms. The molecule has 0 aliphatic carbocycles. The van der Waals surface area contributed by atoms with Crippen molar-refractivity contribution in [2.75, 3.05) is 24.2 Å². The van der Waals surface area contributed by atoms with E-state index in [1.807, 2.05) is 68.6 Å². The number of hydrogen-bond donors (Lipinski definition) is 0. The van der Waals surface area contributed by atoms with Crippen LogP contribution in [0, 0.1) is 6.92 Å². The van der Waals surface area contributed by atoms with E-state index in [4.69, 9.17) is 0 Å². The Morgan fingerprint density at radius 2 is 1.72 bits per heavy atom. The van der Waals surface area contributed by atoms with Crippen molar-refractivity contribution in [1.29, 1.82) is 0 Å². The maximum Gasteiger partial charge on any atom is 0.254 e. The van der Waals surface area contributed by atoms with Crippen LogP contribution in [0.5, 0.6) is 0 Å². The first-order valence-corrected chi connectivity index (χ1v) is 9.54. The van der Waals surface area contributed by atoms with Crippen LogP contribution in [0.2, 0.25) is 0 Å². The van der Waals surface area contributed by atoms with Gasteiger partial charge < -0.3 is 9.80 Å². The maximum atomic E-state index is 12.8. The number of carbonyl (C=O) groups excluding carboxylic acids is 2. The fourth-order valence-corrected chi connectivity index (χ4v) is 3.41. The standard InChI is InChI=1S/C20H22N2O2S/c1-14-4-8-17(9-5-14)22-12-15(2)21(13-19(22)23)20(24)16-6-10-18(25-3)11-7-16/h4-11,15H,12-13H2,1-3H3. The second kappa shape index (κ2) is 7.31. The molecule has 1 aliphatic heterocycles. The highest BCUT2D eigenvalue weighted by molar-refractivity contribution is 7.98. The molecule has 0 saturated carbocycles. The Kier molecular flexibility index (Phi) is 5.13. The minimum absolute atomic E-state index is 0.0354. The van der Waals surface area contributed by atoms with Gasteiger partial charge in [0.2, 0.25) is 5.91 Å². The zero-order valence-electron chi connectivity index (χ0n) is 14.7. The highest BCUT2D eigenvalue weighted by Gasteiger charge is 2.33. The maximum absolute atomic E-state index is 12.8. The smallest absolute Gasteiger partial charge is 0.254 e. The zero-order chi connectivity index (χ0) is 18.0. The number of piperazine rings is 1. The zero-order valence-corrected chi connectivity index (χ0v) is 15.5. The van der Waals surface area contributed by atoms with E-state index in [-0.39, 0.29) is 24.4 Å². The van der Waals surface area contributed by atoms with Gasteiger partial charge in [-0.1, -0.05) is 17.7 Å². The van der Waals surface area contributed by atoms with Crippen molar-refractivity contribution in [2.45, 2.75) is 24.8 Å². The van der Waals surface area contributed by atoms with Gasteiger partial charge in [-0.2, -0.15) is 0 Å². The molecule has 0 radical (unpaired) electrons. The molecule has 2 aromatic rings. The fourth-order valence-electron chi connectivity index (χ4n) is 3.00. The van der Waals surface area contributed by atoms with Gasteiger partial charge in [-0.25, -0.2) is 0 Å². The van der Waals surface area contributed by atoms with E-state index in [2.05, 4.69) is 0 Å². The largest absolute Gasteiger partial charge is 0.325 e. The van der Waals surface area contributed by atoms with E-state index < -0.39 is 0 Å². The van der Waals surface area contributed by atoms with Crippen LogP contribution in [-0.2, 0) is 4.79 Å². The van der Waals surface area contributed by atoms with Gasteiger partial charge in [0, 0.05) is 28.7 Å². The van der Waals surface area contributed by atoms with Crippen LogP contribution in [-0.4, -0.2) is 42.1 Å². The molecule has 130 valence electrons. The number of anilines is 1. The van der Waals surface area contributed by atoms with E-state index >= 15 is 0 Å². The molecule has 0 N–H and O–H groups in total. The molecule has 5 heteroatoms. The Hall–Kier alpha value is -2.27. The number of hydrogen-bond acceptors (Lipinski definition) is 3. The summed E-state index contributed by atoms with van der Waals surface area (Å²) in [5.41, 5.74) is 2.67. The van der Waals surface area contributed by atoms with Crippen molar-refractivity contribution in [3.8, 4) is 0 Å². The van der Waals surface area contributed by atoms with Crippen molar-refractivity contribution in [3.63, 3.8) is 0 Å². The lowest BCUT2D eigenvalue weighted by Crippen LogP contribution is -2.57. The van der Waals surface area contributed by atoms with Crippen molar-refractivity contribution in [3.05, 3.63) is 59.7 Å². The average molecular weight is 354 g/mol. The summed E-state index contributed by atoms with van der Waals surface area (Å²) in [5, 5.41) is 0. The van der Waals surface area contributed by atoms with Crippen LogP contribution in [0.25, 0.3) is 0 Å². The Morgan fingerprint density at radius 3 is 2.32 bits per heavy atom. The lowest BCUT2D eigenvalue weighted by atomic mass is 10.1. The normalized spacial score (nSPS) is 17.7. The van der Waals surface area contributed by atoms with Gasteiger partial charge in [0.15, 0.2) is 0 Å². The van der Waals surface area contributed by atoms with E-state index in [1.165, 1.54) is 0 Å². The van der Waals surface area contributed by atoms with Gasteiger partial charge >= 0.3 is 0 Å².